The van der Waals surface area contributed by atoms with E-state index in [2.05, 4.69) is 31.6 Å². The third-order valence-corrected chi connectivity index (χ3v) is 8.93. The van der Waals surface area contributed by atoms with Crippen LogP contribution in [0.1, 0.15) is 46.1 Å². The van der Waals surface area contributed by atoms with E-state index < -0.39 is 94.9 Å². The van der Waals surface area contributed by atoms with Crippen molar-refractivity contribution in [3.05, 3.63) is 64.3 Å². The number of carbonyl (C=O) groups excluding carboxylic acids is 7. The van der Waals surface area contributed by atoms with Crippen LogP contribution >= 0.6 is 11.8 Å². The van der Waals surface area contributed by atoms with E-state index in [0.29, 0.717) is 0 Å². The second-order valence-electron chi connectivity index (χ2n) is 13.0. The number of thioether (sulfide) groups is 1. The largest absolute Gasteiger partial charge is 0.370 e. The number of primary amides is 2. The number of carbonyl (C=O) groups is 7. The van der Waals surface area contributed by atoms with Crippen LogP contribution in [0.25, 0.3) is 0 Å². The molecule has 5 atom stereocenters. The van der Waals surface area contributed by atoms with E-state index in [4.69, 9.17) is 17.2 Å². The molecule has 0 fully saturated rings. The third kappa shape index (κ3) is 14.8. The minimum atomic E-state index is -1.37. The van der Waals surface area contributed by atoms with Crippen LogP contribution in [0.3, 0.4) is 0 Å². The first-order valence-corrected chi connectivity index (χ1v) is 18.0. The van der Waals surface area contributed by atoms with Crippen LogP contribution in [-0.4, -0.2) is 93.8 Å². The molecule has 0 unspecified atom stereocenters. The number of hydrogen-bond donors (Lipinski definition) is 8. The van der Waals surface area contributed by atoms with E-state index in [1.165, 1.54) is 18.3 Å². The molecule has 0 spiro atoms. The van der Waals surface area contributed by atoms with Crippen molar-refractivity contribution in [1.29, 1.82) is 0 Å². The lowest BCUT2D eigenvalue weighted by Crippen LogP contribution is -2.61. The van der Waals surface area contributed by atoms with Crippen molar-refractivity contribution >= 4 is 58.8 Å². The van der Waals surface area contributed by atoms with E-state index >= 15 is 0 Å². The zero-order valence-electron chi connectivity index (χ0n) is 30.4. The molecule has 0 aliphatic rings. The maximum absolute atomic E-state index is 13.7. The molecule has 2 aromatic rings. The molecule has 0 bridgehead atoms. The summed E-state index contributed by atoms with van der Waals surface area (Å²) in [5.74, 6) is -6.85. The van der Waals surface area contributed by atoms with Gasteiger partial charge in [-0.1, -0.05) is 69.8 Å². The summed E-state index contributed by atoms with van der Waals surface area (Å²) < 4.78 is 0. The molecule has 0 aliphatic heterocycles. The fraction of sp³-hybridized carbons (Fsp3) is 0.471. The quantitative estimate of drug-likeness (QED) is 0.0396. The Labute approximate surface area is 316 Å². The monoisotopic (exact) mass is 772 g/mol. The van der Waals surface area contributed by atoms with Gasteiger partial charge in [0.2, 0.25) is 41.4 Å². The van der Waals surface area contributed by atoms with Gasteiger partial charge in [-0.05, 0) is 36.3 Å². The number of benzene rings is 1. The van der Waals surface area contributed by atoms with Gasteiger partial charge >= 0.3 is 5.69 Å². The molecule has 19 nitrogen and oxygen atoms in total. The van der Waals surface area contributed by atoms with Gasteiger partial charge in [-0.15, -0.1) is 0 Å². The molecule has 0 radical (unpaired) electrons. The van der Waals surface area contributed by atoms with Crippen LogP contribution in [0.2, 0.25) is 0 Å². The average molecular weight is 773 g/mol. The zero-order valence-corrected chi connectivity index (χ0v) is 31.2. The van der Waals surface area contributed by atoms with Crippen molar-refractivity contribution in [2.24, 2.45) is 29.0 Å². The minimum Gasteiger partial charge on any atom is -0.370 e. The third-order valence-electron chi connectivity index (χ3n) is 7.85. The lowest BCUT2D eigenvalue weighted by Gasteiger charge is -2.29. The van der Waals surface area contributed by atoms with Crippen molar-refractivity contribution in [3.63, 3.8) is 0 Å². The van der Waals surface area contributed by atoms with Crippen LogP contribution in [-0.2, 0) is 40.0 Å². The van der Waals surface area contributed by atoms with E-state index in [0.717, 1.165) is 17.3 Å². The number of rotatable bonds is 22. The number of nitrogens with one attached hydrogen (secondary N) is 5. The highest BCUT2D eigenvalue weighted by Gasteiger charge is 2.34. The predicted octanol–water partition coefficient (Wildman–Crippen LogP) is -1.23. The van der Waals surface area contributed by atoms with Gasteiger partial charge in [0.1, 0.15) is 24.2 Å². The first-order chi connectivity index (χ1) is 25.4. The molecule has 7 amide bonds. The molecule has 294 valence electrons. The van der Waals surface area contributed by atoms with Crippen LogP contribution in [0.15, 0.2) is 53.7 Å². The fourth-order valence-electron chi connectivity index (χ4n) is 4.90. The van der Waals surface area contributed by atoms with E-state index in [1.807, 2.05) is 6.07 Å². The van der Waals surface area contributed by atoms with Gasteiger partial charge < -0.3 is 43.8 Å². The lowest BCUT2D eigenvalue weighted by molar-refractivity contribution is -0.388. The van der Waals surface area contributed by atoms with E-state index in [1.54, 1.807) is 52.0 Å². The van der Waals surface area contributed by atoms with Gasteiger partial charge in [-0.2, -0.15) is 0 Å². The van der Waals surface area contributed by atoms with Crippen LogP contribution in [0.5, 0.6) is 0 Å². The molecule has 0 saturated heterocycles. The number of amides is 7. The summed E-state index contributed by atoms with van der Waals surface area (Å²) >= 11 is 0.806. The topological polar surface area (TPSA) is 314 Å². The van der Waals surface area contributed by atoms with Gasteiger partial charge in [-0.3, -0.25) is 43.7 Å². The standard InChI is InChI=1S/C34H48N10O9S/c1-18(2)27(32(50)41-23(30(48)39-16-26(37)46)17-54-34-24(44(52)53)11-8-14-38-34)43-33(51)28(19(3)4)42-31(49)22(12-13-25(36)45)40-29(47)21(35)15-20-9-6-5-7-10-20/h5-11,14,18-19,21-23,27-28H,12-13,15-17,35H2,1-4H3,(H2,36,45)(H2,37,46)(H,39,48)(H,40,47)(H,41,50)(H,42,49)(H,43,51)/t21-,22+,23-,27-,28+/m1/s1. The Kier molecular flexibility index (Phi) is 18.0. The molecule has 1 aromatic heterocycles. The molecule has 54 heavy (non-hydrogen) atoms. The SMILES string of the molecule is CC(C)[C@H](NC(=O)[C@H](CCC(N)=O)NC(=O)[C@H](N)Cc1ccccc1)C(=O)N[C@@H](C(=O)N[C@H](CSc1ncccc1[N+](=O)[O-])C(=O)NCC(N)=O)C(C)C. The number of hydrogen-bond acceptors (Lipinski definition) is 12. The number of nitro groups is 1. The molecular formula is C34H48N10O9S. The summed E-state index contributed by atoms with van der Waals surface area (Å²) in [5.41, 5.74) is 17.0. The second-order valence-corrected chi connectivity index (χ2v) is 14.0. The van der Waals surface area contributed by atoms with Gasteiger partial charge in [-0.25, -0.2) is 4.98 Å². The Morgan fingerprint density at radius 3 is 1.89 bits per heavy atom. The maximum Gasteiger partial charge on any atom is 0.301 e. The normalized spacial score (nSPS) is 13.8. The van der Waals surface area contributed by atoms with Gasteiger partial charge in [0.25, 0.3) is 0 Å². The molecule has 1 heterocycles. The van der Waals surface area contributed by atoms with Crippen molar-refractivity contribution in [2.45, 2.75) is 82.2 Å². The predicted molar refractivity (Wildman–Crippen MR) is 198 cm³/mol. The minimum absolute atomic E-state index is 0.0304. The Bertz CT molecular complexity index is 1660. The molecule has 0 saturated carbocycles. The van der Waals surface area contributed by atoms with E-state index in [9.17, 15) is 43.7 Å². The lowest BCUT2D eigenvalue weighted by atomic mass is 9.98. The van der Waals surface area contributed by atoms with Gasteiger partial charge in [0, 0.05) is 24.4 Å². The molecule has 0 aliphatic carbocycles. The first kappa shape index (κ1) is 44.5. The first-order valence-electron chi connectivity index (χ1n) is 17.0. The highest BCUT2D eigenvalue weighted by molar-refractivity contribution is 7.99. The Balaban J connectivity index is 2.24. The molecule has 2 rings (SSSR count). The second kappa shape index (κ2) is 21.8. The molecule has 20 heteroatoms. The summed E-state index contributed by atoms with van der Waals surface area (Å²) in [4.78, 5) is 105. The van der Waals surface area contributed by atoms with Gasteiger partial charge in [0.05, 0.1) is 17.5 Å². The van der Waals surface area contributed by atoms with Crippen LogP contribution in [0, 0.1) is 22.0 Å². The summed E-state index contributed by atoms with van der Waals surface area (Å²) in [7, 11) is 0. The highest BCUT2D eigenvalue weighted by Crippen LogP contribution is 2.26. The highest BCUT2D eigenvalue weighted by atomic mass is 32.2. The van der Waals surface area contributed by atoms with Crippen molar-refractivity contribution in [2.75, 3.05) is 12.3 Å². The summed E-state index contributed by atoms with van der Waals surface area (Å²) in [6, 6.07) is 5.33. The maximum atomic E-state index is 13.7. The summed E-state index contributed by atoms with van der Waals surface area (Å²) in [5, 5.41) is 24.0. The molecule has 1 aromatic carbocycles. The van der Waals surface area contributed by atoms with E-state index in [-0.39, 0.29) is 35.7 Å². The Hall–Kier alpha value is -5.63. The molecule has 11 N–H and O–H groups in total. The molecular weight excluding hydrogens is 725 g/mol. The van der Waals surface area contributed by atoms with Crippen LogP contribution < -0.4 is 43.8 Å². The smallest absolute Gasteiger partial charge is 0.301 e. The fourth-order valence-corrected chi connectivity index (χ4v) is 5.88. The summed E-state index contributed by atoms with van der Waals surface area (Å²) in [6.07, 6.45) is 1.04. The number of pyridine rings is 1. The summed E-state index contributed by atoms with van der Waals surface area (Å²) in [6.45, 7) is 5.95. The number of nitrogens with two attached hydrogens (primary N) is 3. The number of aromatic nitrogens is 1. The van der Waals surface area contributed by atoms with Crippen molar-refractivity contribution < 1.29 is 38.5 Å². The van der Waals surface area contributed by atoms with Crippen molar-refractivity contribution in [1.82, 2.24) is 31.6 Å². The van der Waals surface area contributed by atoms with Crippen molar-refractivity contribution in [3.8, 4) is 0 Å². The Morgan fingerprint density at radius 2 is 1.33 bits per heavy atom. The zero-order chi connectivity index (χ0) is 40.5. The number of nitrogens with zero attached hydrogens (tertiary/aromatic N) is 2. The van der Waals surface area contributed by atoms with Crippen LogP contribution in [0.4, 0.5) is 5.69 Å². The average Bonchev–Trinajstić information content (AvgIpc) is 3.11. The Morgan fingerprint density at radius 1 is 0.759 bits per heavy atom. The van der Waals surface area contributed by atoms with Gasteiger partial charge in [0.15, 0.2) is 5.03 Å².